The molecule has 2 heterocycles. The predicted octanol–water partition coefficient (Wildman–Crippen LogP) is 2.43. The SMILES string of the molecule is COc1ccc2c(c1)CCCN2CC(=O)N1CC(=O)Nc2ccccc21. The number of hydrogen-bond acceptors (Lipinski definition) is 4. The lowest BCUT2D eigenvalue weighted by Crippen LogP contribution is -2.47. The number of hydrogen-bond donors (Lipinski definition) is 1. The minimum absolute atomic E-state index is 0.0547. The topological polar surface area (TPSA) is 61.9 Å². The number of rotatable bonds is 3. The quantitative estimate of drug-likeness (QED) is 0.923. The Bertz CT molecular complexity index is 865. The van der Waals surface area contributed by atoms with Gasteiger partial charge in [0, 0.05) is 12.2 Å². The van der Waals surface area contributed by atoms with E-state index in [9.17, 15) is 9.59 Å². The molecule has 6 heteroatoms. The summed E-state index contributed by atoms with van der Waals surface area (Å²) in [5.74, 6) is 0.593. The molecule has 2 aliphatic rings. The van der Waals surface area contributed by atoms with Crippen molar-refractivity contribution >= 4 is 28.9 Å². The number of nitrogens with one attached hydrogen (secondary N) is 1. The summed E-state index contributed by atoms with van der Waals surface area (Å²) in [6, 6.07) is 13.4. The Labute approximate surface area is 152 Å². The summed E-state index contributed by atoms with van der Waals surface area (Å²) in [6.45, 7) is 1.13. The fraction of sp³-hybridized carbons (Fsp3) is 0.300. The first-order chi connectivity index (χ1) is 12.7. The molecular weight excluding hydrogens is 330 g/mol. The van der Waals surface area contributed by atoms with E-state index in [4.69, 9.17) is 4.74 Å². The van der Waals surface area contributed by atoms with Crippen molar-refractivity contribution in [1.82, 2.24) is 0 Å². The van der Waals surface area contributed by atoms with Crippen molar-refractivity contribution in [1.29, 1.82) is 0 Å². The Kier molecular flexibility index (Phi) is 4.24. The van der Waals surface area contributed by atoms with Crippen LogP contribution in [0.3, 0.4) is 0 Å². The van der Waals surface area contributed by atoms with Gasteiger partial charge >= 0.3 is 0 Å². The second kappa shape index (κ2) is 6.71. The molecule has 134 valence electrons. The maximum absolute atomic E-state index is 13.0. The molecule has 0 atom stereocenters. The molecule has 2 aromatic rings. The maximum Gasteiger partial charge on any atom is 0.247 e. The summed E-state index contributed by atoms with van der Waals surface area (Å²) in [5.41, 5.74) is 3.70. The van der Waals surface area contributed by atoms with Gasteiger partial charge in [-0.05, 0) is 48.7 Å². The van der Waals surface area contributed by atoms with Crippen LogP contribution < -0.4 is 19.9 Å². The number of methoxy groups -OCH3 is 1. The molecular formula is C20H21N3O3. The van der Waals surface area contributed by atoms with Crippen LogP contribution in [0.5, 0.6) is 5.75 Å². The minimum atomic E-state index is -0.166. The van der Waals surface area contributed by atoms with E-state index in [0.29, 0.717) is 5.69 Å². The molecule has 0 aliphatic carbocycles. The maximum atomic E-state index is 13.0. The highest BCUT2D eigenvalue weighted by atomic mass is 16.5. The average molecular weight is 351 g/mol. The number of fused-ring (bicyclic) bond motifs is 2. The number of carbonyl (C=O) groups excluding carboxylic acids is 2. The van der Waals surface area contributed by atoms with Gasteiger partial charge in [0.25, 0.3) is 0 Å². The predicted molar refractivity (Wildman–Crippen MR) is 101 cm³/mol. The van der Waals surface area contributed by atoms with Gasteiger partial charge in [0.15, 0.2) is 0 Å². The summed E-state index contributed by atoms with van der Waals surface area (Å²) in [7, 11) is 1.66. The lowest BCUT2D eigenvalue weighted by Gasteiger charge is -2.34. The van der Waals surface area contributed by atoms with Gasteiger partial charge in [0.05, 0.1) is 25.0 Å². The number of benzene rings is 2. The summed E-state index contributed by atoms with van der Waals surface area (Å²) in [6.07, 6.45) is 1.97. The first kappa shape index (κ1) is 16.4. The molecule has 6 nitrogen and oxygen atoms in total. The third-order valence-electron chi connectivity index (χ3n) is 4.90. The van der Waals surface area contributed by atoms with Gasteiger partial charge < -0.3 is 15.0 Å². The van der Waals surface area contributed by atoms with Gasteiger partial charge in [-0.1, -0.05) is 12.1 Å². The molecule has 2 amide bonds. The van der Waals surface area contributed by atoms with Gasteiger partial charge in [-0.25, -0.2) is 0 Å². The second-order valence-electron chi connectivity index (χ2n) is 6.56. The highest BCUT2D eigenvalue weighted by Crippen LogP contribution is 2.32. The largest absolute Gasteiger partial charge is 0.497 e. The Hall–Kier alpha value is -3.02. The van der Waals surface area contributed by atoms with E-state index in [1.807, 2.05) is 42.5 Å². The van der Waals surface area contributed by atoms with E-state index >= 15 is 0 Å². The molecule has 26 heavy (non-hydrogen) atoms. The van der Waals surface area contributed by atoms with E-state index in [2.05, 4.69) is 10.2 Å². The van der Waals surface area contributed by atoms with E-state index < -0.39 is 0 Å². The van der Waals surface area contributed by atoms with Gasteiger partial charge in [-0.2, -0.15) is 0 Å². The monoisotopic (exact) mass is 351 g/mol. The zero-order chi connectivity index (χ0) is 18.1. The van der Waals surface area contributed by atoms with Gasteiger partial charge in [-0.15, -0.1) is 0 Å². The number of ether oxygens (including phenoxy) is 1. The Morgan fingerprint density at radius 2 is 2.04 bits per heavy atom. The Balaban J connectivity index is 1.58. The van der Waals surface area contributed by atoms with Crippen LogP contribution in [0.1, 0.15) is 12.0 Å². The van der Waals surface area contributed by atoms with Gasteiger partial charge in [0.2, 0.25) is 11.8 Å². The molecule has 1 N–H and O–H groups in total. The number of amides is 2. The molecule has 2 aromatic carbocycles. The van der Waals surface area contributed by atoms with Crippen molar-refractivity contribution in [3.63, 3.8) is 0 Å². The number of aryl methyl sites for hydroxylation is 1. The highest BCUT2D eigenvalue weighted by molar-refractivity contribution is 6.10. The third-order valence-corrected chi connectivity index (χ3v) is 4.90. The van der Waals surface area contributed by atoms with Gasteiger partial charge in [0.1, 0.15) is 12.3 Å². The van der Waals surface area contributed by atoms with Crippen LogP contribution in [-0.4, -0.2) is 38.6 Å². The fourth-order valence-electron chi connectivity index (χ4n) is 3.65. The van der Waals surface area contributed by atoms with Crippen molar-refractivity contribution in [3.05, 3.63) is 48.0 Å². The van der Waals surface area contributed by atoms with E-state index in [1.54, 1.807) is 12.0 Å². The highest BCUT2D eigenvalue weighted by Gasteiger charge is 2.29. The van der Waals surface area contributed by atoms with E-state index in [-0.39, 0.29) is 24.9 Å². The summed E-state index contributed by atoms with van der Waals surface area (Å²) in [4.78, 5) is 28.6. The number of para-hydroxylation sites is 2. The standard InChI is InChI=1S/C20H21N3O3/c1-26-15-8-9-17-14(11-15)5-4-10-22(17)13-20(25)23-12-19(24)21-16-6-2-3-7-18(16)23/h2-3,6-9,11H,4-5,10,12-13H2,1H3,(H,21,24). The molecule has 0 spiro atoms. The van der Waals surface area contributed by atoms with E-state index in [0.717, 1.165) is 36.5 Å². The lowest BCUT2D eigenvalue weighted by atomic mass is 10.0. The molecule has 0 aromatic heterocycles. The Morgan fingerprint density at radius 3 is 2.88 bits per heavy atom. The summed E-state index contributed by atoms with van der Waals surface area (Å²) in [5, 5.41) is 2.82. The zero-order valence-electron chi connectivity index (χ0n) is 14.7. The smallest absolute Gasteiger partial charge is 0.247 e. The molecule has 0 fully saturated rings. The summed E-state index contributed by atoms with van der Waals surface area (Å²) < 4.78 is 5.30. The van der Waals surface area contributed by atoms with Crippen LogP contribution in [0.25, 0.3) is 0 Å². The first-order valence-electron chi connectivity index (χ1n) is 8.77. The third kappa shape index (κ3) is 2.98. The van der Waals surface area contributed by atoms with Crippen molar-refractivity contribution < 1.29 is 14.3 Å². The number of nitrogens with zero attached hydrogens (tertiary/aromatic N) is 2. The van der Waals surface area contributed by atoms with Crippen molar-refractivity contribution in [2.24, 2.45) is 0 Å². The zero-order valence-corrected chi connectivity index (χ0v) is 14.7. The molecule has 0 saturated carbocycles. The number of anilines is 3. The summed E-state index contributed by atoms with van der Waals surface area (Å²) >= 11 is 0. The molecule has 0 bridgehead atoms. The van der Waals surface area contributed by atoms with Gasteiger partial charge in [-0.3, -0.25) is 14.5 Å². The van der Waals surface area contributed by atoms with Crippen molar-refractivity contribution in [2.45, 2.75) is 12.8 Å². The lowest BCUT2D eigenvalue weighted by molar-refractivity contribution is -0.121. The van der Waals surface area contributed by atoms with Crippen molar-refractivity contribution in [3.8, 4) is 5.75 Å². The van der Waals surface area contributed by atoms with Crippen LogP contribution >= 0.6 is 0 Å². The van der Waals surface area contributed by atoms with Crippen LogP contribution in [-0.2, 0) is 16.0 Å². The number of carbonyl (C=O) groups is 2. The average Bonchev–Trinajstić information content (AvgIpc) is 2.67. The van der Waals surface area contributed by atoms with Crippen molar-refractivity contribution in [2.75, 3.05) is 41.9 Å². The molecule has 0 radical (unpaired) electrons. The molecule has 2 aliphatic heterocycles. The first-order valence-corrected chi connectivity index (χ1v) is 8.77. The van der Waals surface area contributed by atoms with Crippen LogP contribution in [0.4, 0.5) is 17.1 Å². The van der Waals surface area contributed by atoms with E-state index in [1.165, 1.54) is 5.56 Å². The second-order valence-corrected chi connectivity index (χ2v) is 6.56. The normalized spacial score (nSPS) is 15.8. The van der Waals surface area contributed by atoms with Crippen LogP contribution in [0.15, 0.2) is 42.5 Å². The molecule has 0 saturated heterocycles. The Morgan fingerprint density at radius 1 is 1.19 bits per heavy atom. The molecule has 0 unspecified atom stereocenters. The van der Waals surface area contributed by atoms with Crippen LogP contribution in [0, 0.1) is 0 Å². The van der Waals surface area contributed by atoms with Crippen LogP contribution in [0.2, 0.25) is 0 Å². The minimum Gasteiger partial charge on any atom is -0.497 e. The fourth-order valence-corrected chi connectivity index (χ4v) is 3.65. The molecule has 4 rings (SSSR count).